The zero-order valence-corrected chi connectivity index (χ0v) is 50.6. The van der Waals surface area contributed by atoms with E-state index in [4.69, 9.17) is 14.2 Å². The van der Waals surface area contributed by atoms with Crippen LogP contribution in [0.2, 0.25) is 0 Å². The number of ether oxygens (including phenoxy) is 3. The van der Waals surface area contributed by atoms with Gasteiger partial charge in [0.2, 0.25) is 5.75 Å². The van der Waals surface area contributed by atoms with E-state index in [1.807, 2.05) is 0 Å². The predicted molar refractivity (Wildman–Crippen MR) is 313 cm³/mol. The highest BCUT2D eigenvalue weighted by atomic mass is 16.5. The molecule has 1 rings (SSSR count). The van der Waals surface area contributed by atoms with E-state index in [9.17, 15) is 0 Å². The summed E-state index contributed by atoms with van der Waals surface area (Å²) in [6.07, 6.45) is 40.3. The molecule has 0 aliphatic carbocycles. The van der Waals surface area contributed by atoms with Crippen molar-refractivity contribution in [3.05, 3.63) is 17.7 Å². The minimum absolute atomic E-state index is 0.644. The molecule has 3 nitrogen and oxygen atoms in total. The molecule has 0 N–H and O–H groups in total. The molecule has 1 aromatic rings. The second-order valence-electron chi connectivity index (χ2n) is 26.5. The topological polar surface area (TPSA) is 27.7 Å². The summed E-state index contributed by atoms with van der Waals surface area (Å²) in [6.45, 7) is 40.6. The average molecular weight is 982 g/mol. The van der Waals surface area contributed by atoms with Gasteiger partial charge in [0.05, 0.1) is 19.8 Å². The Bertz CT molecular complexity index is 1250. The first-order valence-corrected chi connectivity index (χ1v) is 31.4. The fraction of sp³-hybridized carbons (Fsp3) is 0.910. The highest BCUT2D eigenvalue weighted by Gasteiger charge is 2.18. The van der Waals surface area contributed by atoms with Gasteiger partial charge in [0.15, 0.2) is 11.5 Å². The van der Waals surface area contributed by atoms with E-state index in [0.717, 1.165) is 103 Å². The Morgan fingerprint density at radius 1 is 0.257 bits per heavy atom. The zero-order chi connectivity index (χ0) is 52.1. The number of hydrogen-bond donors (Lipinski definition) is 0. The van der Waals surface area contributed by atoms with Crippen LogP contribution in [0.4, 0.5) is 0 Å². The predicted octanol–water partition coefficient (Wildman–Crippen LogP) is 22.5. The molecule has 3 unspecified atom stereocenters. The van der Waals surface area contributed by atoms with Crippen molar-refractivity contribution in [2.24, 2.45) is 71.0 Å². The lowest BCUT2D eigenvalue weighted by Crippen LogP contribution is -2.11. The molecule has 9 atom stereocenters. The highest BCUT2D eigenvalue weighted by Crippen LogP contribution is 2.40. The molecule has 0 aliphatic rings. The van der Waals surface area contributed by atoms with Gasteiger partial charge in [0.25, 0.3) is 0 Å². The molecular weight excluding hydrogens is 853 g/mol. The molecule has 0 saturated carbocycles. The van der Waals surface area contributed by atoms with Crippen LogP contribution >= 0.6 is 0 Å². The van der Waals surface area contributed by atoms with Gasteiger partial charge in [-0.25, -0.2) is 0 Å². The Labute approximate surface area is 441 Å². The summed E-state index contributed by atoms with van der Waals surface area (Å²) in [7, 11) is 0. The maximum absolute atomic E-state index is 6.74. The van der Waals surface area contributed by atoms with Gasteiger partial charge in [-0.2, -0.15) is 0 Å². The van der Waals surface area contributed by atoms with Crippen molar-refractivity contribution < 1.29 is 14.2 Å². The Hall–Kier alpha value is -1.38. The fourth-order valence-corrected chi connectivity index (χ4v) is 11.0. The second kappa shape index (κ2) is 41.9. The molecule has 0 radical (unpaired) electrons. The third-order valence-electron chi connectivity index (χ3n) is 16.6. The van der Waals surface area contributed by atoms with Crippen molar-refractivity contribution in [2.75, 3.05) is 19.8 Å². The quantitative estimate of drug-likeness (QED) is 0.0651. The summed E-state index contributed by atoms with van der Waals surface area (Å²) in [4.78, 5) is 0. The fourth-order valence-electron chi connectivity index (χ4n) is 11.0. The normalized spacial score (nSPS) is 16.0. The number of rotatable bonds is 48. The largest absolute Gasteiger partial charge is 0.490 e. The standard InChI is InChI=1S/C67H128O3/c1-52(2)26-17-29-55(7)32-20-35-58(10)38-23-41-61(13)44-47-68-65-50-64(16)51-66(69-48-45-62(14)42-24-39-59(11)36-21-33-56(8)30-18-27-53(3)4)67(65)70-49-46-63(15)43-25-40-60(12)37-22-34-57(9)31-19-28-54(5)6/h50-63H,17-49H2,1-16H3/t55-,56-,57-,58-,59-,60-,61?,62?,63?/m1/s1. The van der Waals surface area contributed by atoms with Gasteiger partial charge in [-0.3, -0.25) is 0 Å². The summed E-state index contributed by atoms with van der Waals surface area (Å²) >= 11 is 0. The molecule has 414 valence electrons. The maximum Gasteiger partial charge on any atom is 0.203 e. The van der Waals surface area contributed by atoms with E-state index >= 15 is 0 Å². The minimum atomic E-state index is 0.644. The number of hydrogen-bond acceptors (Lipinski definition) is 3. The molecule has 3 heteroatoms. The van der Waals surface area contributed by atoms with Crippen LogP contribution in [0.15, 0.2) is 12.1 Å². The monoisotopic (exact) mass is 981 g/mol. The van der Waals surface area contributed by atoms with Crippen molar-refractivity contribution in [1.82, 2.24) is 0 Å². The lowest BCUT2D eigenvalue weighted by Gasteiger charge is -2.21. The summed E-state index contributed by atoms with van der Waals surface area (Å²) in [6, 6.07) is 4.38. The summed E-state index contributed by atoms with van der Waals surface area (Å²) in [5, 5.41) is 0. The van der Waals surface area contributed by atoms with E-state index in [2.05, 4.69) is 123 Å². The highest BCUT2D eigenvalue weighted by molar-refractivity contribution is 5.53. The van der Waals surface area contributed by atoms with Crippen LogP contribution in [0, 0.1) is 77.9 Å². The van der Waals surface area contributed by atoms with Crippen molar-refractivity contribution in [2.45, 2.75) is 303 Å². The molecule has 0 aliphatic heterocycles. The van der Waals surface area contributed by atoms with Crippen molar-refractivity contribution in [1.29, 1.82) is 0 Å². The van der Waals surface area contributed by atoms with Crippen LogP contribution in [0.1, 0.15) is 302 Å². The Morgan fingerprint density at radius 3 is 0.657 bits per heavy atom. The van der Waals surface area contributed by atoms with Crippen LogP contribution in [0.25, 0.3) is 0 Å². The van der Waals surface area contributed by atoms with Crippen LogP contribution in [-0.4, -0.2) is 19.8 Å². The van der Waals surface area contributed by atoms with Gasteiger partial charge in [-0.1, -0.05) is 277 Å². The first-order chi connectivity index (χ1) is 33.3. The third-order valence-corrected chi connectivity index (χ3v) is 16.6. The van der Waals surface area contributed by atoms with Crippen LogP contribution in [-0.2, 0) is 0 Å². The summed E-state index contributed by atoms with van der Waals surface area (Å²) in [5.74, 6) is 12.2. The van der Waals surface area contributed by atoms with Crippen LogP contribution in [0.5, 0.6) is 17.2 Å². The SMILES string of the molecule is Cc1cc(OCCC(C)CCC[C@H](C)CCC[C@H](C)CCCC(C)C)c(OCCC(C)CCC[C@H](C)CCC[C@H](C)CCCC(C)C)c(OCCC(C)CCC[C@H](C)CCC[C@H](C)CCCC(C)C)c1. The molecule has 1 aromatic carbocycles. The van der Waals surface area contributed by atoms with Crippen LogP contribution < -0.4 is 14.2 Å². The number of benzene rings is 1. The van der Waals surface area contributed by atoms with E-state index < -0.39 is 0 Å². The molecule has 0 amide bonds. The third kappa shape index (κ3) is 38.2. The first-order valence-electron chi connectivity index (χ1n) is 31.4. The molecule has 0 spiro atoms. The van der Waals surface area contributed by atoms with Crippen LogP contribution in [0.3, 0.4) is 0 Å². The van der Waals surface area contributed by atoms with Crippen molar-refractivity contribution in [3.8, 4) is 17.2 Å². The summed E-state index contributed by atoms with van der Waals surface area (Å²) in [5.41, 5.74) is 1.18. The Morgan fingerprint density at radius 2 is 0.443 bits per heavy atom. The molecule has 0 saturated heterocycles. The molecule has 0 heterocycles. The van der Waals surface area contributed by atoms with E-state index in [1.54, 1.807) is 0 Å². The molecule has 0 bridgehead atoms. The first kappa shape index (κ1) is 66.6. The zero-order valence-electron chi connectivity index (χ0n) is 50.6. The van der Waals surface area contributed by atoms with Gasteiger partial charge < -0.3 is 14.2 Å². The van der Waals surface area contributed by atoms with Gasteiger partial charge in [0, 0.05) is 0 Å². The smallest absolute Gasteiger partial charge is 0.203 e. The Balaban J connectivity index is 2.70. The minimum Gasteiger partial charge on any atom is -0.490 e. The van der Waals surface area contributed by atoms with Gasteiger partial charge in [-0.15, -0.1) is 0 Å². The van der Waals surface area contributed by atoms with E-state index in [1.165, 1.54) is 179 Å². The van der Waals surface area contributed by atoms with E-state index in [-0.39, 0.29) is 0 Å². The summed E-state index contributed by atoms with van der Waals surface area (Å²) < 4.78 is 20.1. The number of aryl methyl sites for hydroxylation is 1. The van der Waals surface area contributed by atoms with Crippen molar-refractivity contribution in [3.63, 3.8) is 0 Å². The molecular formula is C67H128O3. The molecule has 70 heavy (non-hydrogen) atoms. The molecule has 0 aromatic heterocycles. The lowest BCUT2D eigenvalue weighted by atomic mass is 9.91. The Kier molecular flexibility index (Phi) is 39.9. The molecule has 0 fully saturated rings. The average Bonchev–Trinajstić information content (AvgIpc) is 3.26. The van der Waals surface area contributed by atoms with E-state index in [0.29, 0.717) is 24.4 Å². The van der Waals surface area contributed by atoms with Gasteiger partial charge in [-0.05, 0) is 115 Å². The maximum atomic E-state index is 6.74. The van der Waals surface area contributed by atoms with Crippen molar-refractivity contribution >= 4 is 0 Å². The van der Waals surface area contributed by atoms with Gasteiger partial charge in [0.1, 0.15) is 0 Å². The van der Waals surface area contributed by atoms with Gasteiger partial charge >= 0.3 is 0 Å². The second-order valence-corrected chi connectivity index (χ2v) is 26.5. The lowest BCUT2D eigenvalue weighted by molar-refractivity contribution is 0.215.